The van der Waals surface area contributed by atoms with Gasteiger partial charge in [-0.25, -0.2) is 0 Å². The van der Waals surface area contributed by atoms with Gasteiger partial charge in [-0.2, -0.15) is 0 Å². The molecule has 1 aliphatic heterocycles. The Morgan fingerprint density at radius 1 is 1.42 bits per heavy atom. The summed E-state index contributed by atoms with van der Waals surface area (Å²) < 4.78 is 10.7. The minimum Gasteiger partial charge on any atom is -0.454 e. The smallest absolute Gasteiger partial charge is 0.231 e. The fourth-order valence-corrected chi connectivity index (χ4v) is 2.10. The molecule has 4 nitrogen and oxygen atoms in total. The van der Waals surface area contributed by atoms with Gasteiger partial charge in [-0.05, 0) is 37.5 Å². The van der Waals surface area contributed by atoms with Crippen LogP contribution in [-0.4, -0.2) is 25.4 Å². The quantitative estimate of drug-likeness (QED) is 0.736. The van der Waals surface area contributed by atoms with Gasteiger partial charge < -0.3 is 20.5 Å². The lowest BCUT2D eigenvalue weighted by Crippen LogP contribution is -2.49. The number of aryl methyl sites for hydroxylation is 1. The maximum atomic E-state index is 5.86. The van der Waals surface area contributed by atoms with Crippen molar-refractivity contribution in [2.75, 3.05) is 19.9 Å². The Hall–Kier alpha value is -1.52. The Labute approximate surface area is 114 Å². The average Bonchev–Trinajstić information content (AvgIpc) is 2.90. The van der Waals surface area contributed by atoms with Crippen LogP contribution in [0.2, 0.25) is 0 Å². The summed E-state index contributed by atoms with van der Waals surface area (Å²) in [7, 11) is 0. The number of benzene rings is 1. The molecule has 3 N–H and O–H groups in total. The van der Waals surface area contributed by atoms with E-state index in [1.807, 2.05) is 18.2 Å². The van der Waals surface area contributed by atoms with Crippen LogP contribution in [-0.2, 0) is 6.42 Å². The van der Waals surface area contributed by atoms with Crippen molar-refractivity contribution in [3.8, 4) is 11.5 Å². The normalized spacial score (nSPS) is 16.1. The first-order chi connectivity index (χ1) is 9.17. The van der Waals surface area contributed by atoms with Crippen LogP contribution < -0.4 is 20.5 Å². The molecule has 0 spiro atoms. The van der Waals surface area contributed by atoms with Gasteiger partial charge in [-0.15, -0.1) is 6.58 Å². The van der Waals surface area contributed by atoms with Gasteiger partial charge in [0.2, 0.25) is 6.79 Å². The summed E-state index contributed by atoms with van der Waals surface area (Å²) in [5.41, 5.74) is 7.04. The Bertz CT molecular complexity index is 448. The van der Waals surface area contributed by atoms with Crippen LogP contribution in [0.4, 0.5) is 0 Å². The molecule has 0 bridgehead atoms. The van der Waals surface area contributed by atoms with Crippen molar-refractivity contribution in [1.29, 1.82) is 0 Å². The predicted octanol–water partition coefficient (Wildman–Crippen LogP) is 1.84. The summed E-state index contributed by atoms with van der Waals surface area (Å²) in [6, 6.07) is 6.10. The first kappa shape index (κ1) is 13.9. The van der Waals surface area contributed by atoms with Gasteiger partial charge in [0, 0.05) is 18.6 Å². The lowest BCUT2D eigenvalue weighted by molar-refractivity contribution is 0.174. The van der Waals surface area contributed by atoms with Crippen molar-refractivity contribution in [2.24, 2.45) is 5.73 Å². The number of rotatable bonds is 7. The Balaban J connectivity index is 1.95. The average molecular weight is 262 g/mol. The van der Waals surface area contributed by atoms with E-state index in [0.717, 1.165) is 30.9 Å². The van der Waals surface area contributed by atoms with Crippen molar-refractivity contribution < 1.29 is 9.47 Å². The third kappa shape index (κ3) is 3.49. The molecular weight excluding hydrogens is 240 g/mol. The highest BCUT2D eigenvalue weighted by Gasteiger charge is 2.21. The maximum absolute atomic E-state index is 5.86. The Morgan fingerprint density at radius 3 is 2.95 bits per heavy atom. The minimum atomic E-state index is -0.0649. The van der Waals surface area contributed by atoms with E-state index >= 15 is 0 Å². The number of ether oxygens (including phenoxy) is 2. The van der Waals surface area contributed by atoms with Crippen LogP contribution in [0.3, 0.4) is 0 Å². The second kappa shape index (κ2) is 6.08. The zero-order chi connectivity index (χ0) is 13.7. The van der Waals surface area contributed by atoms with E-state index in [1.54, 1.807) is 0 Å². The van der Waals surface area contributed by atoms with Gasteiger partial charge in [0.05, 0.1) is 0 Å². The highest BCUT2D eigenvalue weighted by Crippen LogP contribution is 2.33. The van der Waals surface area contributed by atoms with Crippen LogP contribution in [0, 0.1) is 0 Å². The summed E-state index contributed by atoms with van der Waals surface area (Å²) in [6.07, 6.45) is 3.78. The number of nitrogens with one attached hydrogen (secondary N) is 1. The number of hydrogen-bond acceptors (Lipinski definition) is 4. The molecular formula is C15H22N2O2. The first-order valence-corrected chi connectivity index (χ1v) is 6.61. The number of hydrogen-bond donors (Lipinski definition) is 2. The molecule has 0 saturated carbocycles. The molecule has 0 fully saturated rings. The first-order valence-electron chi connectivity index (χ1n) is 6.61. The third-order valence-corrected chi connectivity index (χ3v) is 3.53. The highest BCUT2D eigenvalue weighted by atomic mass is 16.7. The van der Waals surface area contributed by atoms with Crippen molar-refractivity contribution in [2.45, 2.75) is 25.3 Å². The van der Waals surface area contributed by atoms with Crippen LogP contribution in [0.5, 0.6) is 11.5 Å². The van der Waals surface area contributed by atoms with E-state index in [2.05, 4.69) is 24.9 Å². The molecule has 0 radical (unpaired) electrons. The largest absolute Gasteiger partial charge is 0.454 e. The molecule has 104 valence electrons. The monoisotopic (exact) mass is 262 g/mol. The summed E-state index contributed by atoms with van der Waals surface area (Å²) in [4.78, 5) is 0. The molecule has 0 saturated heterocycles. The molecule has 4 heteroatoms. The van der Waals surface area contributed by atoms with Gasteiger partial charge >= 0.3 is 0 Å². The predicted molar refractivity (Wildman–Crippen MR) is 76.5 cm³/mol. The molecule has 1 atom stereocenters. The molecule has 19 heavy (non-hydrogen) atoms. The molecule has 1 aliphatic rings. The van der Waals surface area contributed by atoms with Gasteiger partial charge in [-0.3, -0.25) is 0 Å². The van der Waals surface area contributed by atoms with Crippen molar-refractivity contribution in [3.63, 3.8) is 0 Å². The van der Waals surface area contributed by atoms with Gasteiger partial charge in [-0.1, -0.05) is 12.1 Å². The second-order valence-electron chi connectivity index (χ2n) is 5.12. The zero-order valence-corrected chi connectivity index (χ0v) is 11.4. The van der Waals surface area contributed by atoms with E-state index in [0.29, 0.717) is 13.3 Å². The molecule has 1 aromatic carbocycles. The van der Waals surface area contributed by atoms with Gasteiger partial charge in [0.1, 0.15) is 0 Å². The standard InChI is InChI=1S/C15H22N2O2/c1-3-8-17-15(2,10-16)7-6-12-4-5-13-14(9-12)19-11-18-13/h3-5,9,17H,1,6-8,10-11,16H2,2H3. The van der Waals surface area contributed by atoms with Crippen LogP contribution in [0.1, 0.15) is 18.9 Å². The molecule has 1 aromatic rings. The molecule has 0 aromatic heterocycles. The van der Waals surface area contributed by atoms with Gasteiger partial charge in [0.25, 0.3) is 0 Å². The van der Waals surface area contributed by atoms with E-state index in [-0.39, 0.29) is 5.54 Å². The fraction of sp³-hybridized carbons (Fsp3) is 0.467. The topological polar surface area (TPSA) is 56.5 Å². The summed E-state index contributed by atoms with van der Waals surface area (Å²) in [5, 5.41) is 3.42. The Kier molecular flexibility index (Phi) is 4.45. The van der Waals surface area contributed by atoms with Crippen LogP contribution >= 0.6 is 0 Å². The molecule has 0 amide bonds. The number of fused-ring (bicyclic) bond motifs is 1. The third-order valence-electron chi connectivity index (χ3n) is 3.53. The van der Waals surface area contributed by atoms with Crippen molar-refractivity contribution in [1.82, 2.24) is 5.32 Å². The van der Waals surface area contributed by atoms with Crippen LogP contribution in [0.15, 0.2) is 30.9 Å². The van der Waals surface area contributed by atoms with Crippen LogP contribution in [0.25, 0.3) is 0 Å². The molecule has 2 rings (SSSR count). The maximum Gasteiger partial charge on any atom is 0.231 e. The van der Waals surface area contributed by atoms with E-state index in [4.69, 9.17) is 15.2 Å². The molecule has 0 aliphatic carbocycles. The lowest BCUT2D eigenvalue weighted by Gasteiger charge is -2.29. The minimum absolute atomic E-state index is 0.0649. The fourth-order valence-electron chi connectivity index (χ4n) is 2.10. The lowest BCUT2D eigenvalue weighted by atomic mass is 9.93. The zero-order valence-electron chi connectivity index (χ0n) is 11.4. The summed E-state index contributed by atoms with van der Waals surface area (Å²) in [5.74, 6) is 1.67. The summed E-state index contributed by atoms with van der Waals surface area (Å²) >= 11 is 0. The van der Waals surface area contributed by atoms with Crippen molar-refractivity contribution >= 4 is 0 Å². The molecule has 1 heterocycles. The highest BCUT2D eigenvalue weighted by molar-refractivity contribution is 5.44. The second-order valence-corrected chi connectivity index (χ2v) is 5.12. The SMILES string of the molecule is C=CCNC(C)(CN)CCc1ccc2c(c1)OCO2. The van der Waals surface area contributed by atoms with Crippen molar-refractivity contribution in [3.05, 3.63) is 36.4 Å². The number of nitrogens with two attached hydrogens (primary N) is 1. The van der Waals surface area contributed by atoms with E-state index in [9.17, 15) is 0 Å². The Morgan fingerprint density at radius 2 is 2.21 bits per heavy atom. The van der Waals surface area contributed by atoms with Gasteiger partial charge in [0.15, 0.2) is 11.5 Å². The molecule has 1 unspecified atom stereocenters. The van der Waals surface area contributed by atoms with E-state index in [1.165, 1.54) is 5.56 Å². The van der Waals surface area contributed by atoms with E-state index < -0.39 is 0 Å². The summed E-state index contributed by atoms with van der Waals surface area (Å²) in [6.45, 7) is 7.56.